The van der Waals surface area contributed by atoms with Gasteiger partial charge in [0.1, 0.15) is 0 Å². The van der Waals surface area contributed by atoms with Crippen LogP contribution in [0.2, 0.25) is 5.02 Å². The first-order chi connectivity index (χ1) is 13.3. The number of hydrogen-bond acceptors (Lipinski definition) is 3. The summed E-state index contributed by atoms with van der Waals surface area (Å²) in [5, 5.41) is 13.5. The molecule has 1 amide bonds. The number of benzene rings is 2. The molecule has 3 aromatic rings. The highest BCUT2D eigenvalue weighted by Gasteiger charge is 2.12. The van der Waals surface area contributed by atoms with E-state index < -0.39 is 0 Å². The average Bonchev–Trinajstić information content (AvgIpc) is 2.95. The van der Waals surface area contributed by atoms with Gasteiger partial charge in [-0.2, -0.15) is 5.10 Å². The molecular weight excluding hydrogens is 392 g/mol. The molecule has 144 valence electrons. The Balaban J connectivity index is 1.60. The summed E-state index contributed by atoms with van der Waals surface area (Å²) in [4.78, 5) is 12.3. The van der Waals surface area contributed by atoms with Crippen LogP contribution in [0.4, 0.5) is 5.69 Å². The van der Waals surface area contributed by atoms with Gasteiger partial charge in [0, 0.05) is 23.4 Å². The first kappa shape index (κ1) is 20.0. The number of nitrogens with zero attached hydrogens (tertiary/aromatic N) is 1. The molecule has 0 saturated heterocycles. The molecule has 0 aliphatic heterocycles. The van der Waals surface area contributed by atoms with Gasteiger partial charge in [0.15, 0.2) is 5.11 Å². The minimum atomic E-state index is -0.343. The van der Waals surface area contributed by atoms with E-state index in [1.54, 1.807) is 12.1 Å². The molecule has 3 rings (SSSR count). The summed E-state index contributed by atoms with van der Waals surface area (Å²) in [5.74, 6) is -0.343. The summed E-state index contributed by atoms with van der Waals surface area (Å²) in [6, 6.07) is 13.2. The van der Waals surface area contributed by atoms with Crippen molar-refractivity contribution in [2.24, 2.45) is 0 Å². The topological polar surface area (TPSA) is 69.8 Å². The van der Waals surface area contributed by atoms with Crippen molar-refractivity contribution >= 4 is 40.5 Å². The predicted molar refractivity (Wildman–Crippen MR) is 117 cm³/mol. The molecule has 2 aromatic carbocycles. The molecule has 28 heavy (non-hydrogen) atoms. The molecule has 5 nitrogen and oxygen atoms in total. The summed E-state index contributed by atoms with van der Waals surface area (Å²) in [6.07, 6.45) is 0.807. The molecule has 0 radical (unpaired) electrons. The van der Waals surface area contributed by atoms with Gasteiger partial charge in [-0.15, -0.1) is 0 Å². The molecule has 0 unspecified atom stereocenters. The minimum absolute atomic E-state index is 0.218. The van der Waals surface area contributed by atoms with E-state index in [9.17, 15) is 4.79 Å². The number of carbonyl (C=O) groups excluding carboxylic acids is 1. The summed E-state index contributed by atoms with van der Waals surface area (Å²) in [7, 11) is 0. The molecule has 0 saturated carbocycles. The van der Waals surface area contributed by atoms with Crippen molar-refractivity contribution in [3.05, 3.63) is 81.1 Å². The van der Waals surface area contributed by atoms with Gasteiger partial charge in [0.25, 0.3) is 5.91 Å². The first-order valence-electron chi connectivity index (χ1n) is 8.81. The van der Waals surface area contributed by atoms with Gasteiger partial charge in [-0.25, -0.2) is 0 Å². The lowest BCUT2D eigenvalue weighted by Gasteiger charge is -2.11. The number of amides is 1. The average molecular weight is 413 g/mol. The Labute approximate surface area is 174 Å². The zero-order valence-corrected chi connectivity index (χ0v) is 17.5. The number of nitrogens with one attached hydrogen (secondary N) is 3. The second kappa shape index (κ2) is 8.54. The fourth-order valence-corrected chi connectivity index (χ4v) is 3.41. The van der Waals surface area contributed by atoms with Gasteiger partial charge in [-0.3, -0.25) is 15.2 Å². The van der Waals surface area contributed by atoms with Crippen molar-refractivity contribution in [1.82, 2.24) is 15.5 Å². The lowest BCUT2D eigenvalue weighted by atomic mass is 10.0. The number of hydrogen-bond donors (Lipinski definition) is 3. The second-order valence-electron chi connectivity index (χ2n) is 6.68. The summed E-state index contributed by atoms with van der Waals surface area (Å²) in [6.45, 7) is 5.93. The highest BCUT2D eigenvalue weighted by molar-refractivity contribution is 7.80. The maximum atomic E-state index is 12.3. The van der Waals surface area contributed by atoms with Crippen LogP contribution in [0.3, 0.4) is 0 Å². The maximum Gasteiger partial charge on any atom is 0.258 e. The van der Waals surface area contributed by atoms with E-state index in [1.807, 2.05) is 51.1 Å². The van der Waals surface area contributed by atoms with Crippen LogP contribution in [0.25, 0.3) is 0 Å². The molecule has 0 aliphatic rings. The van der Waals surface area contributed by atoms with Gasteiger partial charge in [-0.05, 0) is 68.4 Å². The smallest absolute Gasteiger partial charge is 0.258 e. The van der Waals surface area contributed by atoms with Crippen molar-refractivity contribution in [1.29, 1.82) is 0 Å². The van der Waals surface area contributed by atoms with Crippen molar-refractivity contribution in [3.63, 3.8) is 0 Å². The molecule has 0 fully saturated rings. The number of anilines is 1. The van der Waals surface area contributed by atoms with Gasteiger partial charge in [-0.1, -0.05) is 29.8 Å². The van der Waals surface area contributed by atoms with Crippen molar-refractivity contribution in [2.45, 2.75) is 27.2 Å². The third kappa shape index (κ3) is 4.77. The van der Waals surface area contributed by atoms with E-state index in [4.69, 9.17) is 23.8 Å². The molecule has 7 heteroatoms. The Morgan fingerprint density at radius 3 is 2.46 bits per heavy atom. The number of carbonyl (C=O) groups is 1. The van der Waals surface area contributed by atoms with Gasteiger partial charge >= 0.3 is 0 Å². The molecule has 0 aliphatic carbocycles. The second-order valence-corrected chi connectivity index (χ2v) is 7.49. The molecule has 1 aromatic heterocycles. The van der Waals surface area contributed by atoms with Crippen LogP contribution in [-0.4, -0.2) is 21.2 Å². The summed E-state index contributed by atoms with van der Waals surface area (Å²) in [5.41, 5.74) is 6.64. The fraction of sp³-hybridized carbons (Fsp3) is 0.190. The number of thiocarbonyl (C=S) groups is 1. The van der Waals surface area contributed by atoms with Gasteiger partial charge in [0.05, 0.1) is 16.3 Å². The Hall–Kier alpha value is -2.70. The normalized spacial score (nSPS) is 10.6. The standard InChI is InChI=1S/C21H21ClN4OS/c1-12-4-9-17(19(22)10-12)20(27)24-21(28)23-16-7-5-15(6-8-16)11-18-13(2)25-26-14(18)3/h4-10H,11H2,1-3H3,(H,25,26)(H2,23,24,27,28). The third-order valence-electron chi connectivity index (χ3n) is 4.47. The van der Waals surface area contributed by atoms with E-state index in [2.05, 4.69) is 20.8 Å². The lowest BCUT2D eigenvalue weighted by Crippen LogP contribution is -2.34. The Morgan fingerprint density at radius 2 is 1.86 bits per heavy atom. The van der Waals surface area contributed by atoms with E-state index in [1.165, 1.54) is 11.1 Å². The molecule has 3 N–H and O–H groups in total. The van der Waals surface area contributed by atoms with Crippen LogP contribution in [0.5, 0.6) is 0 Å². The Kier molecular flexibility index (Phi) is 6.11. The predicted octanol–water partition coefficient (Wildman–Crippen LogP) is 4.71. The van der Waals surface area contributed by atoms with E-state index in [-0.39, 0.29) is 11.0 Å². The minimum Gasteiger partial charge on any atom is -0.332 e. The number of aryl methyl sites for hydroxylation is 3. The number of halogens is 1. The highest BCUT2D eigenvalue weighted by atomic mass is 35.5. The fourth-order valence-electron chi connectivity index (χ4n) is 2.88. The number of H-pyrrole nitrogens is 1. The number of aromatic amines is 1. The number of rotatable bonds is 4. The molecule has 0 atom stereocenters. The quantitative estimate of drug-likeness (QED) is 0.543. The van der Waals surface area contributed by atoms with E-state index in [0.29, 0.717) is 10.6 Å². The monoisotopic (exact) mass is 412 g/mol. The summed E-state index contributed by atoms with van der Waals surface area (Å²) < 4.78 is 0. The zero-order valence-electron chi connectivity index (χ0n) is 15.9. The van der Waals surface area contributed by atoms with Crippen molar-refractivity contribution < 1.29 is 4.79 Å². The zero-order chi connectivity index (χ0) is 20.3. The summed E-state index contributed by atoms with van der Waals surface area (Å²) >= 11 is 11.4. The lowest BCUT2D eigenvalue weighted by molar-refractivity contribution is 0.0978. The van der Waals surface area contributed by atoms with Crippen LogP contribution in [0.1, 0.15) is 38.4 Å². The van der Waals surface area contributed by atoms with Crippen LogP contribution in [0.15, 0.2) is 42.5 Å². The maximum absolute atomic E-state index is 12.3. The third-order valence-corrected chi connectivity index (χ3v) is 4.99. The number of aromatic nitrogens is 2. The largest absolute Gasteiger partial charge is 0.332 e. The highest BCUT2D eigenvalue weighted by Crippen LogP contribution is 2.19. The van der Waals surface area contributed by atoms with Crippen molar-refractivity contribution in [3.8, 4) is 0 Å². The SMILES string of the molecule is Cc1ccc(C(=O)NC(=S)Nc2ccc(Cc3c(C)n[nH]c3C)cc2)c(Cl)c1. The van der Waals surface area contributed by atoms with Crippen LogP contribution >= 0.6 is 23.8 Å². The van der Waals surface area contributed by atoms with Crippen molar-refractivity contribution in [2.75, 3.05) is 5.32 Å². The molecule has 1 heterocycles. The van der Waals surface area contributed by atoms with Gasteiger partial charge < -0.3 is 5.32 Å². The Bertz CT molecular complexity index is 1010. The van der Waals surface area contributed by atoms with Crippen LogP contribution in [-0.2, 0) is 6.42 Å². The van der Waals surface area contributed by atoms with E-state index >= 15 is 0 Å². The molecule has 0 bridgehead atoms. The van der Waals surface area contributed by atoms with Crippen LogP contribution < -0.4 is 10.6 Å². The van der Waals surface area contributed by atoms with Crippen LogP contribution in [0, 0.1) is 20.8 Å². The molecular formula is C21H21ClN4OS. The first-order valence-corrected chi connectivity index (χ1v) is 9.60. The van der Waals surface area contributed by atoms with Gasteiger partial charge in [0.2, 0.25) is 0 Å². The van der Waals surface area contributed by atoms with E-state index in [0.717, 1.165) is 29.1 Å². The molecule has 0 spiro atoms. The Morgan fingerprint density at radius 1 is 1.14 bits per heavy atom.